The SMILES string of the molecule is Cc1nc(C)n(-c2cccc3c2NCCC3)n1. The van der Waals surface area contributed by atoms with Crippen LogP contribution in [-0.2, 0) is 6.42 Å². The molecule has 0 amide bonds. The zero-order chi connectivity index (χ0) is 11.8. The van der Waals surface area contributed by atoms with Crippen LogP contribution in [0.3, 0.4) is 0 Å². The molecule has 0 bridgehead atoms. The van der Waals surface area contributed by atoms with Gasteiger partial charge in [0.15, 0.2) is 0 Å². The van der Waals surface area contributed by atoms with Crippen molar-refractivity contribution >= 4 is 5.69 Å². The number of hydrogen-bond acceptors (Lipinski definition) is 3. The molecular formula is C13H16N4. The van der Waals surface area contributed by atoms with Crippen LogP contribution in [0.2, 0.25) is 0 Å². The summed E-state index contributed by atoms with van der Waals surface area (Å²) in [6, 6.07) is 6.38. The molecule has 2 aromatic rings. The van der Waals surface area contributed by atoms with Crippen molar-refractivity contribution in [3.63, 3.8) is 0 Å². The van der Waals surface area contributed by atoms with Gasteiger partial charge in [-0.05, 0) is 38.3 Å². The molecule has 1 aliphatic heterocycles. The van der Waals surface area contributed by atoms with E-state index >= 15 is 0 Å². The van der Waals surface area contributed by atoms with Gasteiger partial charge in [-0.1, -0.05) is 12.1 Å². The highest BCUT2D eigenvalue weighted by Gasteiger charge is 2.15. The number of aryl methyl sites for hydroxylation is 3. The molecule has 0 spiro atoms. The topological polar surface area (TPSA) is 42.7 Å². The minimum atomic E-state index is 0.816. The van der Waals surface area contributed by atoms with Crippen LogP contribution in [0.15, 0.2) is 18.2 Å². The molecule has 1 aromatic heterocycles. The molecule has 4 nitrogen and oxygen atoms in total. The lowest BCUT2D eigenvalue weighted by atomic mass is 10.0. The van der Waals surface area contributed by atoms with Crippen LogP contribution in [0.25, 0.3) is 5.69 Å². The Morgan fingerprint density at radius 3 is 2.94 bits per heavy atom. The fourth-order valence-corrected chi connectivity index (χ4v) is 2.42. The first kappa shape index (κ1) is 10.3. The second-order valence-electron chi connectivity index (χ2n) is 4.46. The Hall–Kier alpha value is -1.84. The van der Waals surface area contributed by atoms with Crippen LogP contribution in [0.5, 0.6) is 0 Å². The number of nitrogens with zero attached hydrogens (tertiary/aromatic N) is 3. The smallest absolute Gasteiger partial charge is 0.148 e. The summed E-state index contributed by atoms with van der Waals surface area (Å²) in [7, 11) is 0. The predicted molar refractivity (Wildman–Crippen MR) is 67.6 cm³/mol. The van der Waals surface area contributed by atoms with Crippen LogP contribution >= 0.6 is 0 Å². The minimum Gasteiger partial charge on any atom is -0.383 e. The van der Waals surface area contributed by atoms with E-state index in [1.54, 1.807) is 0 Å². The number of nitrogens with one attached hydrogen (secondary N) is 1. The van der Waals surface area contributed by atoms with Crippen molar-refractivity contribution in [1.29, 1.82) is 0 Å². The lowest BCUT2D eigenvalue weighted by Gasteiger charge is -2.21. The first-order chi connectivity index (χ1) is 8.25. The molecule has 0 fully saturated rings. The van der Waals surface area contributed by atoms with Gasteiger partial charge in [-0.15, -0.1) is 0 Å². The average Bonchev–Trinajstić information content (AvgIpc) is 2.68. The maximum absolute atomic E-state index is 4.45. The van der Waals surface area contributed by atoms with Gasteiger partial charge < -0.3 is 5.32 Å². The van der Waals surface area contributed by atoms with Crippen molar-refractivity contribution in [2.75, 3.05) is 11.9 Å². The Bertz CT molecular complexity index is 557. The van der Waals surface area contributed by atoms with Crippen LogP contribution in [0.1, 0.15) is 23.6 Å². The lowest BCUT2D eigenvalue weighted by molar-refractivity contribution is 0.798. The Balaban J connectivity index is 2.17. The highest BCUT2D eigenvalue weighted by molar-refractivity contribution is 5.67. The summed E-state index contributed by atoms with van der Waals surface area (Å²) < 4.78 is 1.92. The van der Waals surface area contributed by atoms with E-state index in [0.29, 0.717) is 0 Å². The fraction of sp³-hybridized carbons (Fsp3) is 0.385. The zero-order valence-electron chi connectivity index (χ0n) is 10.2. The summed E-state index contributed by atoms with van der Waals surface area (Å²) in [5.41, 5.74) is 3.70. The number of rotatable bonds is 1. The van der Waals surface area contributed by atoms with Crippen molar-refractivity contribution in [3.8, 4) is 5.69 Å². The van der Waals surface area contributed by atoms with Crippen LogP contribution < -0.4 is 5.32 Å². The molecule has 0 aliphatic carbocycles. The lowest BCUT2D eigenvalue weighted by Crippen LogP contribution is -2.15. The number of benzene rings is 1. The molecule has 1 aromatic carbocycles. The number of anilines is 1. The van der Waals surface area contributed by atoms with Crippen molar-refractivity contribution in [2.45, 2.75) is 26.7 Å². The van der Waals surface area contributed by atoms with E-state index in [2.05, 4.69) is 33.6 Å². The Morgan fingerprint density at radius 1 is 1.29 bits per heavy atom. The molecule has 3 rings (SSSR count). The van der Waals surface area contributed by atoms with Gasteiger partial charge in [-0.25, -0.2) is 9.67 Å². The molecular weight excluding hydrogens is 212 g/mol. The third-order valence-electron chi connectivity index (χ3n) is 3.16. The summed E-state index contributed by atoms with van der Waals surface area (Å²) in [6.45, 7) is 4.95. The molecule has 0 radical (unpaired) electrons. The minimum absolute atomic E-state index is 0.816. The number of fused-ring (bicyclic) bond motifs is 1. The molecule has 0 atom stereocenters. The fourth-order valence-electron chi connectivity index (χ4n) is 2.42. The standard InChI is InChI=1S/C13H16N4/c1-9-15-10(2)17(16-9)12-7-3-5-11-6-4-8-14-13(11)12/h3,5,7,14H,4,6,8H2,1-2H3. The maximum Gasteiger partial charge on any atom is 0.148 e. The van der Waals surface area contributed by atoms with Gasteiger partial charge in [-0.3, -0.25) is 0 Å². The summed E-state index contributed by atoms with van der Waals surface area (Å²) in [4.78, 5) is 4.36. The van der Waals surface area contributed by atoms with E-state index < -0.39 is 0 Å². The van der Waals surface area contributed by atoms with Gasteiger partial charge in [0.25, 0.3) is 0 Å². The molecule has 4 heteroatoms. The quantitative estimate of drug-likeness (QED) is 0.814. The van der Waals surface area contributed by atoms with Crippen molar-refractivity contribution in [3.05, 3.63) is 35.4 Å². The molecule has 0 unspecified atom stereocenters. The molecule has 1 aliphatic rings. The molecule has 0 saturated carbocycles. The number of aromatic nitrogens is 3. The molecule has 88 valence electrons. The van der Waals surface area contributed by atoms with Gasteiger partial charge in [0.05, 0.1) is 11.4 Å². The monoisotopic (exact) mass is 228 g/mol. The summed E-state index contributed by atoms with van der Waals surface area (Å²) in [5, 5.41) is 7.93. The highest BCUT2D eigenvalue weighted by Crippen LogP contribution is 2.28. The molecule has 0 saturated heterocycles. The van der Waals surface area contributed by atoms with Crippen LogP contribution in [-0.4, -0.2) is 21.3 Å². The van der Waals surface area contributed by atoms with E-state index in [9.17, 15) is 0 Å². The van der Waals surface area contributed by atoms with Gasteiger partial charge in [0.1, 0.15) is 11.6 Å². The number of para-hydroxylation sites is 1. The second kappa shape index (κ2) is 3.87. The maximum atomic E-state index is 4.45. The van der Waals surface area contributed by atoms with Crippen LogP contribution in [0.4, 0.5) is 5.69 Å². The van der Waals surface area contributed by atoms with Crippen molar-refractivity contribution in [1.82, 2.24) is 14.8 Å². The summed E-state index contributed by atoms with van der Waals surface area (Å²) in [5.74, 6) is 1.75. The van der Waals surface area contributed by atoms with Crippen LogP contribution in [0, 0.1) is 13.8 Å². The largest absolute Gasteiger partial charge is 0.383 e. The number of hydrogen-bond donors (Lipinski definition) is 1. The van der Waals surface area contributed by atoms with Gasteiger partial charge >= 0.3 is 0 Å². The summed E-state index contributed by atoms with van der Waals surface area (Å²) >= 11 is 0. The van der Waals surface area contributed by atoms with Crippen molar-refractivity contribution < 1.29 is 0 Å². The second-order valence-corrected chi connectivity index (χ2v) is 4.46. The Labute approximate surface area is 101 Å². The van der Waals surface area contributed by atoms with E-state index in [1.807, 2.05) is 18.5 Å². The van der Waals surface area contributed by atoms with E-state index in [4.69, 9.17) is 0 Å². The normalized spacial score (nSPS) is 14.2. The highest BCUT2D eigenvalue weighted by atomic mass is 15.4. The average molecular weight is 228 g/mol. The van der Waals surface area contributed by atoms with Crippen molar-refractivity contribution in [2.24, 2.45) is 0 Å². The first-order valence-corrected chi connectivity index (χ1v) is 6.02. The predicted octanol–water partition coefficient (Wildman–Crippen LogP) is 2.24. The molecule has 1 N–H and O–H groups in total. The molecule has 17 heavy (non-hydrogen) atoms. The zero-order valence-corrected chi connectivity index (χ0v) is 10.2. The van der Waals surface area contributed by atoms with Gasteiger partial charge in [0, 0.05) is 6.54 Å². The molecule has 2 heterocycles. The van der Waals surface area contributed by atoms with E-state index in [0.717, 1.165) is 30.3 Å². The summed E-state index contributed by atoms with van der Waals surface area (Å²) in [6.07, 6.45) is 2.34. The Morgan fingerprint density at radius 2 is 2.18 bits per heavy atom. The third kappa shape index (κ3) is 1.69. The van der Waals surface area contributed by atoms with Gasteiger partial charge in [0.2, 0.25) is 0 Å². The van der Waals surface area contributed by atoms with E-state index in [1.165, 1.54) is 17.7 Å². The van der Waals surface area contributed by atoms with E-state index in [-0.39, 0.29) is 0 Å². The first-order valence-electron chi connectivity index (χ1n) is 6.02. The van der Waals surface area contributed by atoms with Gasteiger partial charge in [-0.2, -0.15) is 5.10 Å². The third-order valence-corrected chi connectivity index (χ3v) is 3.16. The Kier molecular flexibility index (Phi) is 2.35.